The Kier molecular flexibility index (Phi) is 6.15. The number of hydrogen-bond donors (Lipinski definition) is 2. The van der Waals surface area contributed by atoms with Crippen LogP contribution in [0.2, 0.25) is 0 Å². The van der Waals surface area contributed by atoms with Crippen LogP contribution in [-0.4, -0.2) is 30.9 Å². The van der Waals surface area contributed by atoms with Gasteiger partial charge in [0.1, 0.15) is 22.9 Å². The molecule has 0 aliphatic heterocycles. The number of aromatic nitrogens is 1. The summed E-state index contributed by atoms with van der Waals surface area (Å²) in [4.78, 5) is 16.8. The second-order valence-electron chi connectivity index (χ2n) is 8.00. The van der Waals surface area contributed by atoms with Crippen molar-refractivity contribution >= 4 is 11.9 Å². The van der Waals surface area contributed by atoms with E-state index in [-0.39, 0.29) is 6.04 Å². The lowest BCUT2D eigenvalue weighted by molar-refractivity contribution is 0.0504. The number of carbonyl (C=O) groups excluding carboxylic acids is 1. The molecule has 0 saturated heterocycles. The van der Waals surface area contributed by atoms with Crippen molar-refractivity contribution in [1.82, 2.24) is 10.3 Å². The maximum absolute atomic E-state index is 12.3. The van der Waals surface area contributed by atoms with E-state index < -0.39 is 11.7 Å². The van der Waals surface area contributed by atoms with Crippen LogP contribution in [0.15, 0.2) is 30.5 Å². The van der Waals surface area contributed by atoms with Crippen molar-refractivity contribution in [3.63, 3.8) is 0 Å². The van der Waals surface area contributed by atoms with Gasteiger partial charge in [0.2, 0.25) is 0 Å². The number of carbonyl (C=O) groups is 1. The molecular weight excluding hydrogens is 370 g/mol. The molecule has 1 aliphatic rings. The summed E-state index contributed by atoms with van der Waals surface area (Å²) in [6.07, 6.45) is 3.09. The van der Waals surface area contributed by atoms with Gasteiger partial charge in [0.05, 0.1) is 20.3 Å². The summed E-state index contributed by atoms with van der Waals surface area (Å²) < 4.78 is 16.1. The highest BCUT2D eigenvalue weighted by atomic mass is 16.6. The molecule has 1 aromatic carbocycles. The fourth-order valence-electron chi connectivity index (χ4n) is 3.48. The Morgan fingerprint density at radius 3 is 2.69 bits per heavy atom. The van der Waals surface area contributed by atoms with Gasteiger partial charge in [-0.2, -0.15) is 0 Å². The third-order valence-electron chi connectivity index (χ3n) is 4.76. The molecule has 2 aromatic rings. The van der Waals surface area contributed by atoms with Gasteiger partial charge in [-0.25, -0.2) is 9.78 Å². The van der Waals surface area contributed by atoms with E-state index in [1.165, 1.54) is 5.56 Å². The molecule has 0 saturated carbocycles. The van der Waals surface area contributed by atoms with Crippen LogP contribution in [0.1, 0.15) is 49.9 Å². The van der Waals surface area contributed by atoms with Crippen molar-refractivity contribution in [3.05, 3.63) is 47.2 Å². The zero-order chi connectivity index (χ0) is 21.0. The van der Waals surface area contributed by atoms with Gasteiger partial charge in [-0.3, -0.25) is 0 Å². The Balaban J connectivity index is 1.76. The van der Waals surface area contributed by atoms with Gasteiger partial charge in [0.15, 0.2) is 0 Å². The highest BCUT2D eigenvalue weighted by molar-refractivity contribution is 5.69. The summed E-state index contributed by atoms with van der Waals surface area (Å²) in [5.74, 6) is 2.25. The van der Waals surface area contributed by atoms with Gasteiger partial charge >= 0.3 is 6.09 Å². The predicted molar refractivity (Wildman–Crippen MR) is 112 cm³/mol. The van der Waals surface area contributed by atoms with Crippen LogP contribution in [0.5, 0.6) is 11.5 Å². The lowest BCUT2D eigenvalue weighted by Crippen LogP contribution is -2.34. The van der Waals surface area contributed by atoms with E-state index in [4.69, 9.17) is 14.2 Å². The first-order valence-electron chi connectivity index (χ1n) is 9.73. The molecule has 0 radical (unpaired) electrons. The topological polar surface area (TPSA) is 81.7 Å². The number of anilines is 1. The fourth-order valence-corrected chi connectivity index (χ4v) is 3.48. The number of ether oxygens (including phenoxy) is 3. The van der Waals surface area contributed by atoms with Gasteiger partial charge in [0.25, 0.3) is 0 Å². The largest absolute Gasteiger partial charge is 0.497 e. The first-order valence-corrected chi connectivity index (χ1v) is 9.73. The van der Waals surface area contributed by atoms with Crippen LogP contribution in [0.4, 0.5) is 10.6 Å². The number of pyridine rings is 1. The van der Waals surface area contributed by atoms with Gasteiger partial charge in [-0.1, -0.05) is 0 Å². The maximum Gasteiger partial charge on any atom is 0.408 e. The van der Waals surface area contributed by atoms with Gasteiger partial charge in [0, 0.05) is 29.9 Å². The number of nitrogens with zero attached hydrogens (tertiary/aromatic N) is 1. The van der Waals surface area contributed by atoms with E-state index in [1.807, 2.05) is 45.0 Å². The minimum Gasteiger partial charge on any atom is -0.497 e. The molecular formula is C22H29N3O4. The van der Waals surface area contributed by atoms with E-state index in [1.54, 1.807) is 20.4 Å². The van der Waals surface area contributed by atoms with Gasteiger partial charge in [-0.05, 0) is 57.4 Å². The van der Waals surface area contributed by atoms with Crippen LogP contribution in [0.3, 0.4) is 0 Å². The molecule has 29 heavy (non-hydrogen) atoms. The Hall–Kier alpha value is -2.96. The normalized spacial score (nSPS) is 15.4. The summed E-state index contributed by atoms with van der Waals surface area (Å²) in [5, 5.41) is 6.39. The maximum atomic E-state index is 12.3. The first kappa shape index (κ1) is 20.8. The van der Waals surface area contributed by atoms with Crippen LogP contribution in [-0.2, 0) is 17.7 Å². The molecule has 1 unspecified atom stereocenters. The number of nitrogens with one attached hydrogen (secondary N) is 2. The Bertz CT molecular complexity index is 877. The Labute approximate surface area is 171 Å². The van der Waals surface area contributed by atoms with E-state index >= 15 is 0 Å². The smallest absolute Gasteiger partial charge is 0.408 e. The quantitative estimate of drug-likeness (QED) is 0.757. The number of methoxy groups -OCH3 is 2. The Morgan fingerprint density at radius 1 is 1.21 bits per heavy atom. The molecule has 156 valence electrons. The zero-order valence-corrected chi connectivity index (χ0v) is 17.7. The monoisotopic (exact) mass is 399 g/mol. The third kappa shape index (κ3) is 5.10. The second kappa shape index (κ2) is 8.59. The SMILES string of the molecule is COc1ccc(CNc2nccc3c2C(NC(=O)OC(C)(C)C)CC3)c(OC)c1. The zero-order valence-electron chi connectivity index (χ0n) is 17.7. The van der Waals surface area contributed by atoms with Crippen molar-refractivity contribution in [2.75, 3.05) is 19.5 Å². The molecule has 1 atom stereocenters. The van der Waals surface area contributed by atoms with Crippen molar-refractivity contribution in [3.8, 4) is 11.5 Å². The molecule has 1 aromatic heterocycles. The first-order chi connectivity index (χ1) is 13.8. The summed E-state index contributed by atoms with van der Waals surface area (Å²) in [5.41, 5.74) is 2.66. The molecule has 2 N–H and O–H groups in total. The molecule has 1 amide bonds. The highest BCUT2D eigenvalue weighted by Gasteiger charge is 2.29. The van der Waals surface area contributed by atoms with Crippen molar-refractivity contribution < 1.29 is 19.0 Å². The highest BCUT2D eigenvalue weighted by Crippen LogP contribution is 2.36. The standard InChI is InChI=1S/C22H29N3O4/c1-22(2,3)29-21(26)25-17-9-7-14-10-11-23-20(19(14)17)24-13-15-6-8-16(27-4)12-18(15)28-5/h6,8,10-12,17H,7,9,13H2,1-5H3,(H,23,24)(H,25,26). The van der Waals surface area contributed by atoms with Crippen molar-refractivity contribution in [2.24, 2.45) is 0 Å². The van der Waals surface area contributed by atoms with Crippen molar-refractivity contribution in [1.29, 1.82) is 0 Å². The lowest BCUT2D eigenvalue weighted by Gasteiger charge is -2.23. The average molecular weight is 399 g/mol. The number of amides is 1. The van der Waals surface area contributed by atoms with Crippen molar-refractivity contribution in [2.45, 2.75) is 51.8 Å². The van der Waals surface area contributed by atoms with E-state index in [2.05, 4.69) is 15.6 Å². The minimum atomic E-state index is -0.535. The van der Waals surface area contributed by atoms with E-state index in [0.29, 0.717) is 6.54 Å². The average Bonchev–Trinajstić information content (AvgIpc) is 3.08. The second-order valence-corrected chi connectivity index (χ2v) is 8.00. The summed E-state index contributed by atoms with van der Waals surface area (Å²) in [6, 6.07) is 7.59. The molecule has 3 rings (SSSR count). The molecule has 0 fully saturated rings. The number of fused-ring (bicyclic) bond motifs is 1. The molecule has 1 heterocycles. The lowest BCUT2D eigenvalue weighted by atomic mass is 10.1. The molecule has 0 bridgehead atoms. The summed E-state index contributed by atoms with van der Waals surface area (Å²) >= 11 is 0. The predicted octanol–water partition coefficient (Wildman–Crippen LogP) is 4.22. The number of hydrogen-bond acceptors (Lipinski definition) is 6. The van der Waals surface area contributed by atoms with E-state index in [0.717, 1.165) is 41.3 Å². The summed E-state index contributed by atoms with van der Waals surface area (Å²) in [7, 11) is 3.26. The molecule has 7 nitrogen and oxygen atoms in total. The number of aryl methyl sites for hydroxylation is 1. The van der Waals surface area contributed by atoms with Gasteiger partial charge in [-0.15, -0.1) is 0 Å². The number of rotatable bonds is 6. The molecule has 0 spiro atoms. The number of alkyl carbamates (subject to hydrolysis) is 1. The Morgan fingerprint density at radius 2 is 2.00 bits per heavy atom. The summed E-state index contributed by atoms with van der Waals surface area (Å²) in [6.45, 7) is 6.10. The number of benzene rings is 1. The van der Waals surface area contributed by atoms with Crippen LogP contribution in [0.25, 0.3) is 0 Å². The third-order valence-corrected chi connectivity index (χ3v) is 4.76. The van der Waals surface area contributed by atoms with Gasteiger partial charge < -0.3 is 24.8 Å². The van der Waals surface area contributed by atoms with Crippen LogP contribution < -0.4 is 20.1 Å². The van der Waals surface area contributed by atoms with E-state index in [9.17, 15) is 4.79 Å². The minimum absolute atomic E-state index is 0.131. The fraction of sp³-hybridized carbons (Fsp3) is 0.455. The molecule has 7 heteroatoms. The molecule has 1 aliphatic carbocycles. The van der Waals surface area contributed by atoms with Crippen LogP contribution >= 0.6 is 0 Å². The van der Waals surface area contributed by atoms with Crippen LogP contribution in [0, 0.1) is 0 Å².